The fraction of sp³-hybridized carbons (Fsp3) is 0.381. The maximum absolute atomic E-state index is 12.9. The van der Waals surface area contributed by atoms with Crippen molar-refractivity contribution >= 4 is 45.6 Å². The van der Waals surface area contributed by atoms with Crippen molar-refractivity contribution in [1.29, 1.82) is 0 Å². The van der Waals surface area contributed by atoms with E-state index in [1.165, 1.54) is 30.6 Å². The van der Waals surface area contributed by atoms with Crippen LogP contribution in [0.2, 0.25) is 10.2 Å². The summed E-state index contributed by atoms with van der Waals surface area (Å²) in [7, 11) is 0. The summed E-state index contributed by atoms with van der Waals surface area (Å²) in [6.07, 6.45) is 3.78. The lowest BCUT2D eigenvalue weighted by molar-refractivity contribution is 0.102. The van der Waals surface area contributed by atoms with Gasteiger partial charge in [-0.3, -0.25) is 15.0 Å². The molecule has 0 radical (unpaired) electrons. The van der Waals surface area contributed by atoms with Crippen LogP contribution in [0.4, 0.5) is 5.13 Å². The summed E-state index contributed by atoms with van der Waals surface area (Å²) in [4.78, 5) is 19.8. The van der Waals surface area contributed by atoms with E-state index < -0.39 is 0 Å². The van der Waals surface area contributed by atoms with Crippen LogP contribution >= 0.6 is 34.5 Å². The van der Waals surface area contributed by atoms with Crippen LogP contribution in [0.3, 0.4) is 0 Å². The zero-order chi connectivity index (χ0) is 21.1. The van der Waals surface area contributed by atoms with Gasteiger partial charge in [-0.05, 0) is 44.5 Å². The summed E-state index contributed by atoms with van der Waals surface area (Å²) in [5, 5.41) is 10.8. The first-order valence-corrected chi connectivity index (χ1v) is 11.6. The minimum Gasteiger partial charge on any atom is -0.298 e. The lowest BCUT2D eigenvalue weighted by Gasteiger charge is -2.25. The van der Waals surface area contributed by atoms with E-state index in [4.69, 9.17) is 23.2 Å². The summed E-state index contributed by atoms with van der Waals surface area (Å²) in [6, 6.07) is 7.50. The molecule has 0 aliphatic carbocycles. The van der Waals surface area contributed by atoms with Gasteiger partial charge in [0.15, 0.2) is 5.13 Å². The van der Waals surface area contributed by atoms with Gasteiger partial charge in [-0.2, -0.15) is 5.10 Å². The molecule has 3 heterocycles. The predicted octanol–water partition coefficient (Wildman–Crippen LogP) is 5.24. The number of halogens is 2. The minimum atomic E-state index is -0.304. The van der Waals surface area contributed by atoms with E-state index in [9.17, 15) is 4.79 Å². The second-order valence-corrected chi connectivity index (χ2v) is 9.06. The molecule has 0 saturated carbocycles. The molecular formula is C21H23Cl2N5OS. The van der Waals surface area contributed by atoms with E-state index in [2.05, 4.69) is 20.3 Å². The first kappa shape index (κ1) is 21.3. The summed E-state index contributed by atoms with van der Waals surface area (Å²) in [5.41, 5.74) is 2.79. The van der Waals surface area contributed by atoms with Crippen LogP contribution in [0.15, 0.2) is 29.6 Å². The Bertz CT molecular complexity index is 1040. The third-order valence-corrected chi connectivity index (χ3v) is 6.74. The fourth-order valence-corrected chi connectivity index (χ4v) is 4.86. The summed E-state index contributed by atoms with van der Waals surface area (Å²) in [6.45, 7) is 5.20. The second kappa shape index (κ2) is 9.47. The van der Waals surface area contributed by atoms with Gasteiger partial charge in [-0.15, -0.1) is 11.3 Å². The maximum Gasteiger partial charge on any atom is 0.262 e. The number of rotatable bonds is 6. The Morgan fingerprint density at radius 3 is 2.70 bits per heavy atom. The number of thiazole rings is 1. The number of aromatic nitrogens is 3. The van der Waals surface area contributed by atoms with Gasteiger partial charge < -0.3 is 0 Å². The van der Waals surface area contributed by atoms with Gasteiger partial charge in [0.05, 0.1) is 23.5 Å². The standard InChI is InChI=1S/C21H23Cl2N5OS/c1-14-18(19(23)28(26-14)11-15-7-3-4-8-17(15)22)20(29)25-21-24-16(13-30-21)12-27-9-5-2-6-10-27/h3-4,7-8,13H,2,5-6,9-12H2,1H3,(H,24,25,29). The summed E-state index contributed by atoms with van der Waals surface area (Å²) < 4.78 is 1.59. The van der Waals surface area contributed by atoms with E-state index in [1.807, 2.05) is 29.6 Å². The number of piperidine rings is 1. The smallest absolute Gasteiger partial charge is 0.262 e. The van der Waals surface area contributed by atoms with E-state index >= 15 is 0 Å². The molecular weight excluding hydrogens is 441 g/mol. The zero-order valence-electron chi connectivity index (χ0n) is 16.7. The number of carbonyl (C=O) groups excluding carboxylic acids is 1. The largest absolute Gasteiger partial charge is 0.298 e. The van der Waals surface area contributed by atoms with E-state index in [1.54, 1.807) is 11.6 Å². The zero-order valence-corrected chi connectivity index (χ0v) is 19.0. The molecule has 1 fully saturated rings. The molecule has 0 spiro atoms. The number of nitrogens with zero attached hydrogens (tertiary/aromatic N) is 4. The molecule has 0 unspecified atom stereocenters. The number of nitrogens with one attached hydrogen (secondary N) is 1. The quantitative estimate of drug-likeness (QED) is 0.542. The van der Waals surface area contributed by atoms with Crippen molar-refractivity contribution in [3.8, 4) is 0 Å². The first-order chi connectivity index (χ1) is 14.5. The highest BCUT2D eigenvalue weighted by Crippen LogP contribution is 2.25. The average molecular weight is 464 g/mol. The maximum atomic E-state index is 12.9. The van der Waals surface area contributed by atoms with Crippen LogP contribution in [0.1, 0.15) is 46.6 Å². The topological polar surface area (TPSA) is 63.1 Å². The minimum absolute atomic E-state index is 0.287. The SMILES string of the molecule is Cc1nn(Cc2ccccc2Cl)c(Cl)c1C(=O)Nc1nc(CN2CCCCC2)cs1. The Morgan fingerprint density at radius 1 is 1.17 bits per heavy atom. The highest BCUT2D eigenvalue weighted by Gasteiger charge is 2.22. The third kappa shape index (κ3) is 4.86. The van der Waals surface area contributed by atoms with Crippen molar-refractivity contribution in [2.75, 3.05) is 18.4 Å². The first-order valence-electron chi connectivity index (χ1n) is 9.95. The highest BCUT2D eigenvalue weighted by atomic mass is 35.5. The number of hydrogen-bond donors (Lipinski definition) is 1. The van der Waals surface area contributed by atoms with Gasteiger partial charge in [0, 0.05) is 16.9 Å². The van der Waals surface area contributed by atoms with Gasteiger partial charge in [-0.1, -0.05) is 47.8 Å². The predicted molar refractivity (Wildman–Crippen MR) is 122 cm³/mol. The normalized spacial score (nSPS) is 14.8. The number of carbonyl (C=O) groups is 1. The number of benzene rings is 1. The molecule has 1 amide bonds. The summed E-state index contributed by atoms with van der Waals surface area (Å²) >= 11 is 14.2. The number of aryl methyl sites for hydroxylation is 1. The molecule has 9 heteroatoms. The Balaban J connectivity index is 1.45. The van der Waals surface area contributed by atoms with E-state index in [0.717, 1.165) is 30.9 Å². The Labute approximate surface area is 189 Å². The van der Waals surface area contributed by atoms with E-state index in [0.29, 0.717) is 28.0 Å². The lowest BCUT2D eigenvalue weighted by Crippen LogP contribution is -2.29. The third-order valence-electron chi connectivity index (χ3n) is 5.18. The molecule has 1 saturated heterocycles. The van der Waals surface area contributed by atoms with Gasteiger partial charge >= 0.3 is 0 Å². The van der Waals surface area contributed by atoms with Crippen LogP contribution < -0.4 is 5.32 Å². The molecule has 0 bridgehead atoms. The molecule has 2 aromatic heterocycles. The number of anilines is 1. The molecule has 1 aliphatic rings. The molecule has 1 N–H and O–H groups in total. The number of likely N-dealkylation sites (tertiary alicyclic amines) is 1. The Hall–Kier alpha value is -1.93. The van der Waals surface area contributed by atoms with Crippen LogP contribution in [0, 0.1) is 6.92 Å². The number of hydrogen-bond acceptors (Lipinski definition) is 5. The Morgan fingerprint density at radius 2 is 1.93 bits per heavy atom. The molecule has 6 nitrogen and oxygen atoms in total. The Kier molecular flexibility index (Phi) is 6.73. The van der Waals surface area contributed by atoms with Crippen molar-refractivity contribution in [3.63, 3.8) is 0 Å². The van der Waals surface area contributed by atoms with Crippen LogP contribution in [-0.4, -0.2) is 38.7 Å². The van der Waals surface area contributed by atoms with Crippen LogP contribution in [-0.2, 0) is 13.1 Å². The molecule has 3 aromatic rings. The molecule has 30 heavy (non-hydrogen) atoms. The molecule has 0 atom stereocenters. The lowest BCUT2D eigenvalue weighted by atomic mass is 10.1. The van der Waals surface area contributed by atoms with Crippen LogP contribution in [0.5, 0.6) is 0 Å². The molecule has 1 aromatic carbocycles. The van der Waals surface area contributed by atoms with Gasteiger partial charge in [-0.25, -0.2) is 9.67 Å². The average Bonchev–Trinajstić information content (AvgIpc) is 3.27. The van der Waals surface area contributed by atoms with Crippen LogP contribution in [0.25, 0.3) is 0 Å². The molecule has 158 valence electrons. The van der Waals surface area contributed by atoms with Crippen molar-refractivity contribution in [3.05, 3.63) is 62.3 Å². The monoisotopic (exact) mass is 463 g/mol. The fourth-order valence-electron chi connectivity index (χ4n) is 3.65. The summed E-state index contributed by atoms with van der Waals surface area (Å²) in [5.74, 6) is -0.304. The highest BCUT2D eigenvalue weighted by molar-refractivity contribution is 7.14. The van der Waals surface area contributed by atoms with Crippen molar-refractivity contribution < 1.29 is 4.79 Å². The second-order valence-electron chi connectivity index (χ2n) is 7.44. The van der Waals surface area contributed by atoms with Gasteiger partial charge in [0.2, 0.25) is 0 Å². The molecule has 1 aliphatic heterocycles. The van der Waals surface area contributed by atoms with Gasteiger partial charge in [0.25, 0.3) is 5.91 Å². The van der Waals surface area contributed by atoms with Crippen molar-refractivity contribution in [2.45, 2.75) is 39.3 Å². The van der Waals surface area contributed by atoms with Crippen molar-refractivity contribution in [2.24, 2.45) is 0 Å². The molecule has 4 rings (SSSR count). The van der Waals surface area contributed by atoms with Gasteiger partial charge in [0.1, 0.15) is 5.15 Å². The number of amides is 1. The van der Waals surface area contributed by atoms with E-state index in [-0.39, 0.29) is 11.1 Å². The van der Waals surface area contributed by atoms with Crippen molar-refractivity contribution in [1.82, 2.24) is 19.7 Å².